The van der Waals surface area contributed by atoms with Gasteiger partial charge in [0.15, 0.2) is 0 Å². The molecule has 0 radical (unpaired) electrons. The first-order chi connectivity index (χ1) is 12.5. The Hall–Kier alpha value is -3.08. The van der Waals surface area contributed by atoms with Gasteiger partial charge in [0, 0.05) is 12.7 Å². The third kappa shape index (κ3) is 2.47. The van der Waals surface area contributed by atoms with Crippen molar-refractivity contribution in [2.24, 2.45) is 7.05 Å². The summed E-state index contributed by atoms with van der Waals surface area (Å²) in [4.78, 5) is 6.50. The fourth-order valence-electron chi connectivity index (χ4n) is 3.48. The minimum absolute atomic E-state index is 0.185. The number of nitrogens with zero attached hydrogens (tertiary/aromatic N) is 3. The van der Waals surface area contributed by atoms with Gasteiger partial charge in [0.25, 0.3) is 0 Å². The number of amidine groups is 1. The smallest absolute Gasteiger partial charge is 0.148 e. The molecule has 3 aromatic rings. The van der Waals surface area contributed by atoms with Crippen LogP contribution in [0.15, 0.2) is 48.2 Å². The number of hydrogen-bond acceptors (Lipinski definition) is 3. The van der Waals surface area contributed by atoms with Crippen LogP contribution in [-0.4, -0.2) is 27.0 Å². The van der Waals surface area contributed by atoms with Crippen molar-refractivity contribution in [1.82, 2.24) is 9.55 Å². The number of imidazole rings is 1. The largest absolute Gasteiger partial charge is 0.509 e. The summed E-state index contributed by atoms with van der Waals surface area (Å²) in [6, 6.07) is 14.2. The molecule has 4 rings (SSSR count). The minimum atomic E-state index is 0.185. The van der Waals surface area contributed by atoms with Gasteiger partial charge in [-0.2, -0.15) is 0 Å². The number of fused-ring (bicyclic) bond motifs is 1. The molecular formula is C21H22N4O. The van der Waals surface area contributed by atoms with E-state index < -0.39 is 0 Å². The molecule has 0 amide bonds. The lowest BCUT2D eigenvalue weighted by molar-refractivity contribution is 0.411. The van der Waals surface area contributed by atoms with Crippen LogP contribution in [0.3, 0.4) is 0 Å². The lowest BCUT2D eigenvalue weighted by Crippen LogP contribution is -2.26. The molecule has 1 aromatic heterocycles. The molecule has 5 heteroatoms. The normalized spacial score (nSPS) is 14.7. The number of aliphatic hydroxyl groups excluding tert-OH is 1. The zero-order chi connectivity index (χ0) is 18.4. The Morgan fingerprint density at radius 3 is 2.58 bits per heavy atom. The van der Waals surface area contributed by atoms with Gasteiger partial charge in [0.05, 0.1) is 23.2 Å². The molecule has 26 heavy (non-hydrogen) atoms. The number of aryl methyl sites for hydroxylation is 3. The van der Waals surface area contributed by atoms with E-state index in [1.807, 2.05) is 53.8 Å². The molecule has 1 aliphatic heterocycles. The van der Waals surface area contributed by atoms with E-state index >= 15 is 0 Å². The zero-order valence-electron chi connectivity index (χ0n) is 15.2. The lowest BCUT2D eigenvalue weighted by atomic mass is 10.1. The third-order valence-electron chi connectivity index (χ3n) is 5.02. The van der Waals surface area contributed by atoms with Crippen LogP contribution in [0.5, 0.6) is 0 Å². The molecule has 0 spiro atoms. The average molecular weight is 346 g/mol. The Bertz CT molecular complexity index is 1040. The van der Waals surface area contributed by atoms with E-state index in [2.05, 4.69) is 24.0 Å². The molecule has 0 saturated heterocycles. The molecule has 2 N–H and O–H groups in total. The first-order valence-corrected chi connectivity index (χ1v) is 8.80. The zero-order valence-corrected chi connectivity index (χ0v) is 15.2. The number of benzene rings is 2. The molecule has 0 saturated carbocycles. The fraction of sp³-hybridized carbons (Fsp3) is 0.238. The standard InChI is InChI=1S/C21H22N4O/c1-4-14-6-8-15(9-7-14)25-12-18(26)19(20(25)22)21-23-16-11-13(2)5-10-17(16)24(21)3/h5-11,22,26H,4,12H2,1-3H3. The quantitative estimate of drug-likeness (QED) is 0.746. The maximum Gasteiger partial charge on any atom is 0.148 e. The highest BCUT2D eigenvalue weighted by Gasteiger charge is 2.32. The Labute approximate surface area is 152 Å². The Morgan fingerprint density at radius 2 is 1.88 bits per heavy atom. The fourth-order valence-corrected chi connectivity index (χ4v) is 3.48. The van der Waals surface area contributed by atoms with E-state index in [9.17, 15) is 5.11 Å². The molecule has 132 valence electrons. The molecule has 0 aliphatic carbocycles. The average Bonchev–Trinajstić information content (AvgIpc) is 3.11. The second-order valence-corrected chi connectivity index (χ2v) is 6.76. The molecule has 2 aromatic carbocycles. The first kappa shape index (κ1) is 16.4. The molecular weight excluding hydrogens is 324 g/mol. The highest BCUT2D eigenvalue weighted by Crippen LogP contribution is 2.32. The predicted molar refractivity (Wildman–Crippen MR) is 106 cm³/mol. The van der Waals surface area contributed by atoms with Crippen molar-refractivity contribution < 1.29 is 5.11 Å². The third-order valence-corrected chi connectivity index (χ3v) is 5.02. The Balaban J connectivity index is 1.74. The molecule has 0 bridgehead atoms. The molecule has 1 aliphatic rings. The number of aliphatic hydroxyl groups is 1. The highest BCUT2D eigenvalue weighted by molar-refractivity contribution is 6.30. The van der Waals surface area contributed by atoms with Crippen LogP contribution >= 0.6 is 0 Å². The summed E-state index contributed by atoms with van der Waals surface area (Å²) >= 11 is 0. The van der Waals surface area contributed by atoms with Crippen LogP contribution in [0.2, 0.25) is 0 Å². The summed E-state index contributed by atoms with van der Waals surface area (Å²) in [6.45, 7) is 4.44. The molecule has 2 heterocycles. The molecule has 0 atom stereocenters. The predicted octanol–water partition coefficient (Wildman–Crippen LogP) is 4.21. The first-order valence-electron chi connectivity index (χ1n) is 8.80. The number of nitrogens with one attached hydrogen (secondary N) is 1. The summed E-state index contributed by atoms with van der Waals surface area (Å²) in [5, 5.41) is 19.2. The van der Waals surface area contributed by atoms with Crippen molar-refractivity contribution in [2.75, 3.05) is 11.4 Å². The van der Waals surface area contributed by atoms with Gasteiger partial charge in [-0.25, -0.2) is 4.98 Å². The topological polar surface area (TPSA) is 65.1 Å². The van der Waals surface area contributed by atoms with Gasteiger partial charge >= 0.3 is 0 Å². The van der Waals surface area contributed by atoms with Gasteiger partial charge in [-0.1, -0.05) is 25.1 Å². The van der Waals surface area contributed by atoms with Crippen molar-refractivity contribution >= 4 is 28.1 Å². The van der Waals surface area contributed by atoms with E-state index in [-0.39, 0.29) is 11.6 Å². The lowest BCUT2D eigenvalue weighted by Gasteiger charge is -2.19. The van der Waals surface area contributed by atoms with Crippen LogP contribution in [0, 0.1) is 12.3 Å². The van der Waals surface area contributed by atoms with Crippen molar-refractivity contribution in [3.8, 4) is 0 Å². The van der Waals surface area contributed by atoms with E-state index in [0.717, 1.165) is 28.7 Å². The second kappa shape index (κ2) is 6.02. The van der Waals surface area contributed by atoms with Crippen molar-refractivity contribution in [2.45, 2.75) is 20.3 Å². The maximum atomic E-state index is 10.6. The van der Waals surface area contributed by atoms with Crippen LogP contribution in [0.1, 0.15) is 23.9 Å². The van der Waals surface area contributed by atoms with Crippen LogP contribution < -0.4 is 4.90 Å². The Kier molecular flexibility index (Phi) is 3.80. The Morgan fingerprint density at radius 1 is 1.15 bits per heavy atom. The van der Waals surface area contributed by atoms with E-state index in [1.165, 1.54) is 5.56 Å². The summed E-state index contributed by atoms with van der Waals surface area (Å²) < 4.78 is 1.94. The number of anilines is 1. The van der Waals surface area contributed by atoms with Gasteiger partial charge in [-0.3, -0.25) is 5.41 Å². The van der Waals surface area contributed by atoms with Crippen molar-refractivity contribution in [3.05, 3.63) is 65.2 Å². The highest BCUT2D eigenvalue weighted by atomic mass is 16.3. The van der Waals surface area contributed by atoms with Crippen LogP contribution in [0.4, 0.5) is 5.69 Å². The number of aromatic nitrogens is 2. The van der Waals surface area contributed by atoms with Crippen molar-refractivity contribution in [3.63, 3.8) is 0 Å². The summed E-state index contributed by atoms with van der Waals surface area (Å²) in [5.74, 6) is 1.09. The maximum absolute atomic E-state index is 10.6. The van der Waals surface area contributed by atoms with Crippen LogP contribution in [0.25, 0.3) is 16.6 Å². The van der Waals surface area contributed by atoms with Crippen molar-refractivity contribution in [1.29, 1.82) is 5.41 Å². The van der Waals surface area contributed by atoms with Gasteiger partial charge in [-0.05, 0) is 48.7 Å². The van der Waals surface area contributed by atoms with E-state index in [0.29, 0.717) is 17.9 Å². The molecule has 0 fully saturated rings. The van der Waals surface area contributed by atoms with Gasteiger partial charge in [-0.15, -0.1) is 0 Å². The molecule has 5 nitrogen and oxygen atoms in total. The van der Waals surface area contributed by atoms with Crippen LogP contribution in [-0.2, 0) is 13.5 Å². The number of hydrogen-bond donors (Lipinski definition) is 2. The second-order valence-electron chi connectivity index (χ2n) is 6.76. The summed E-state index contributed by atoms with van der Waals surface area (Å²) in [7, 11) is 1.92. The van der Waals surface area contributed by atoms with Gasteiger partial charge in [0.1, 0.15) is 17.4 Å². The van der Waals surface area contributed by atoms with E-state index in [4.69, 9.17) is 5.41 Å². The van der Waals surface area contributed by atoms with Gasteiger partial charge in [0.2, 0.25) is 0 Å². The summed E-state index contributed by atoms with van der Waals surface area (Å²) in [5.41, 5.74) is 5.66. The monoisotopic (exact) mass is 346 g/mol. The van der Waals surface area contributed by atoms with Gasteiger partial charge < -0.3 is 14.6 Å². The summed E-state index contributed by atoms with van der Waals surface area (Å²) in [6.07, 6.45) is 0.978. The SMILES string of the molecule is CCc1ccc(N2CC(O)=C(c3nc4cc(C)ccc4n3C)C2=N)cc1. The van der Waals surface area contributed by atoms with E-state index in [1.54, 1.807) is 0 Å². The molecule has 0 unspecified atom stereocenters. The minimum Gasteiger partial charge on any atom is -0.509 e. The number of rotatable bonds is 3.